The van der Waals surface area contributed by atoms with E-state index in [2.05, 4.69) is 10.2 Å². The van der Waals surface area contributed by atoms with Gasteiger partial charge in [0.05, 0.1) is 11.7 Å². The summed E-state index contributed by atoms with van der Waals surface area (Å²) in [5.74, 6) is -1.18. The van der Waals surface area contributed by atoms with Gasteiger partial charge < -0.3 is 10.0 Å². The first kappa shape index (κ1) is 17.5. The largest absolute Gasteiger partial charge is 0.481 e. The van der Waals surface area contributed by atoms with Crippen molar-refractivity contribution in [3.63, 3.8) is 0 Å². The Morgan fingerprint density at radius 2 is 2.04 bits per heavy atom. The van der Waals surface area contributed by atoms with Gasteiger partial charge in [0.15, 0.2) is 5.16 Å². The van der Waals surface area contributed by atoms with E-state index < -0.39 is 11.9 Å². The topological polar surface area (TPSA) is 88.3 Å². The van der Waals surface area contributed by atoms with E-state index >= 15 is 0 Å². The minimum absolute atomic E-state index is 0.0697. The van der Waals surface area contributed by atoms with Gasteiger partial charge in [0.1, 0.15) is 6.33 Å². The molecule has 2 heterocycles. The SMILES string of the molecule is Cc1ccc(-n2cnnc2SCC(=O)N2CCC(C(=O)O)C2C)cc1. The number of carbonyl (C=O) groups excluding carboxylic acids is 1. The molecule has 1 amide bonds. The average Bonchev–Trinajstić information content (AvgIpc) is 3.20. The lowest BCUT2D eigenvalue weighted by Gasteiger charge is -2.23. The van der Waals surface area contributed by atoms with Crippen LogP contribution in [0.4, 0.5) is 0 Å². The summed E-state index contributed by atoms with van der Waals surface area (Å²) in [4.78, 5) is 25.3. The van der Waals surface area contributed by atoms with Crippen LogP contribution in [0.15, 0.2) is 35.7 Å². The molecule has 3 rings (SSSR count). The Balaban J connectivity index is 1.65. The van der Waals surface area contributed by atoms with Gasteiger partial charge in [-0.3, -0.25) is 14.2 Å². The Kier molecular flexibility index (Phi) is 5.08. The molecule has 2 aromatic rings. The number of carboxylic acids is 1. The first-order chi connectivity index (χ1) is 12.0. The van der Waals surface area contributed by atoms with Gasteiger partial charge in [0, 0.05) is 18.3 Å². The third kappa shape index (κ3) is 3.68. The number of likely N-dealkylation sites (tertiary alicyclic amines) is 1. The zero-order chi connectivity index (χ0) is 18.0. The summed E-state index contributed by atoms with van der Waals surface area (Å²) in [6.07, 6.45) is 2.13. The summed E-state index contributed by atoms with van der Waals surface area (Å²) in [6.45, 7) is 4.30. The maximum absolute atomic E-state index is 12.5. The molecule has 1 aliphatic rings. The van der Waals surface area contributed by atoms with Crippen LogP contribution in [-0.2, 0) is 9.59 Å². The number of rotatable bonds is 5. The zero-order valence-corrected chi connectivity index (χ0v) is 14.9. The first-order valence-corrected chi connectivity index (χ1v) is 9.08. The number of benzene rings is 1. The highest BCUT2D eigenvalue weighted by molar-refractivity contribution is 7.99. The Morgan fingerprint density at radius 3 is 2.68 bits per heavy atom. The van der Waals surface area contributed by atoms with Crippen LogP contribution < -0.4 is 0 Å². The number of nitrogens with zero attached hydrogens (tertiary/aromatic N) is 4. The molecule has 1 N–H and O–H groups in total. The number of carboxylic acid groups (broad SMARTS) is 1. The standard InChI is InChI=1S/C17H20N4O3S/c1-11-3-5-13(6-4-11)21-10-18-19-17(21)25-9-15(22)20-8-7-14(12(20)2)16(23)24/h3-6,10,12,14H,7-9H2,1-2H3,(H,23,24). The molecule has 7 nitrogen and oxygen atoms in total. The molecule has 1 fully saturated rings. The third-order valence-electron chi connectivity index (χ3n) is 4.55. The van der Waals surface area contributed by atoms with Gasteiger partial charge in [-0.05, 0) is 32.4 Å². The fourth-order valence-electron chi connectivity index (χ4n) is 3.04. The fraction of sp³-hybridized carbons (Fsp3) is 0.412. The van der Waals surface area contributed by atoms with Crippen LogP contribution in [0.5, 0.6) is 0 Å². The number of aryl methyl sites for hydroxylation is 1. The minimum Gasteiger partial charge on any atom is -0.481 e. The molecule has 8 heteroatoms. The van der Waals surface area contributed by atoms with E-state index in [4.69, 9.17) is 0 Å². The number of thioether (sulfide) groups is 1. The Hall–Kier alpha value is -2.35. The molecule has 2 atom stereocenters. The van der Waals surface area contributed by atoms with Gasteiger partial charge in [-0.25, -0.2) is 0 Å². The lowest BCUT2D eigenvalue weighted by Crippen LogP contribution is -2.38. The molecule has 1 aromatic heterocycles. The summed E-state index contributed by atoms with van der Waals surface area (Å²) in [5, 5.41) is 17.8. The highest BCUT2D eigenvalue weighted by Crippen LogP contribution is 2.26. The summed E-state index contributed by atoms with van der Waals surface area (Å²) in [7, 11) is 0. The Morgan fingerprint density at radius 1 is 1.32 bits per heavy atom. The van der Waals surface area contributed by atoms with Crippen LogP contribution in [-0.4, -0.2) is 55.0 Å². The van der Waals surface area contributed by atoms with Crippen molar-refractivity contribution in [2.24, 2.45) is 5.92 Å². The summed E-state index contributed by atoms with van der Waals surface area (Å²) < 4.78 is 1.84. The highest BCUT2D eigenvalue weighted by atomic mass is 32.2. The molecule has 0 aliphatic carbocycles. The average molecular weight is 360 g/mol. The van der Waals surface area contributed by atoms with Crippen molar-refractivity contribution in [1.29, 1.82) is 0 Å². The van der Waals surface area contributed by atoms with Crippen molar-refractivity contribution in [1.82, 2.24) is 19.7 Å². The molecule has 1 saturated heterocycles. The van der Waals surface area contributed by atoms with E-state index in [0.29, 0.717) is 18.1 Å². The van der Waals surface area contributed by atoms with Gasteiger partial charge in [0.25, 0.3) is 0 Å². The predicted molar refractivity (Wildman–Crippen MR) is 93.7 cm³/mol. The molecule has 0 spiro atoms. The number of carbonyl (C=O) groups is 2. The van der Waals surface area contributed by atoms with E-state index in [9.17, 15) is 14.7 Å². The molecule has 1 aliphatic heterocycles. The molecular formula is C17H20N4O3S. The van der Waals surface area contributed by atoms with Crippen LogP contribution >= 0.6 is 11.8 Å². The van der Waals surface area contributed by atoms with Crippen LogP contribution in [0.1, 0.15) is 18.9 Å². The zero-order valence-electron chi connectivity index (χ0n) is 14.1. The lowest BCUT2D eigenvalue weighted by atomic mass is 10.0. The third-order valence-corrected chi connectivity index (χ3v) is 5.47. The maximum atomic E-state index is 12.5. The quantitative estimate of drug-likeness (QED) is 0.821. The lowest BCUT2D eigenvalue weighted by molar-refractivity contribution is -0.142. The van der Waals surface area contributed by atoms with Crippen molar-refractivity contribution in [3.05, 3.63) is 36.2 Å². The summed E-state index contributed by atoms with van der Waals surface area (Å²) in [5.41, 5.74) is 2.10. The number of aliphatic carboxylic acids is 1. The first-order valence-electron chi connectivity index (χ1n) is 8.09. The summed E-state index contributed by atoms with van der Waals surface area (Å²) >= 11 is 1.31. The Bertz CT molecular complexity index is 774. The molecule has 1 aromatic carbocycles. The van der Waals surface area contributed by atoms with Crippen LogP contribution in [0, 0.1) is 12.8 Å². The second-order valence-electron chi connectivity index (χ2n) is 6.17. The van der Waals surface area contributed by atoms with Gasteiger partial charge in [0.2, 0.25) is 5.91 Å². The van der Waals surface area contributed by atoms with Crippen LogP contribution in [0.3, 0.4) is 0 Å². The fourth-order valence-corrected chi connectivity index (χ4v) is 3.85. The highest BCUT2D eigenvalue weighted by Gasteiger charge is 2.37. The normalized spacial score (nSPS) is 20.0. The van der Waals surface area contributed by atoms with E-state index in [1.807, 2.05) is 35.8 Å². The maximum Gasteiger partial charge on any atom is 0.308 e. The van der Waals surface area contributed by atoms with Crippen molar-refractivity contribution >= 4 is 23.6 Å². The monoisotopic (exact) mass is 360 g/mol. The van der Waals surface area contributed by atoms with Gasteiger partial charge in [-0.2, -0.15) is 0 Å². The van der Waals surface area contributed by atoms with Crippen molar-refractivity contribution in [3.8, 4) is 5.69 Å². The minimum atomic E-state index is -0.838. The Labute approximate surface area is 150 Å². The number of aromatic nitrogens is 3. The van der Waals surface area contributed by atoms with E-state index in [-0.39, 0.29) is 17.7 Å². The molecule has 25 heavy (non-hydrogen) atoms. The van der Waals surface area contributed by atoms with Crippen LogP contribution in [0.25, 0.3) is 5.69 Å². The number of amides is 1. The van der Waals surface area contributed by atoms with E-state index in [0.717, 1.165) is 11.3 Å². The molecule has 2 unspecified atom stereocenters. The smallest absolute Gasteiger partial charge is 0.308 e. The van der Waals surface area contributed by atoms with Crippen LogP contribution in [0.2, 0.25) is 0 Å². The predicted octanol–water partition coefficient (Wildman–Crippen LogP) is 1.99. The number of hydrogen-bond acceptors (Lipinski definition) is 5. The van der Waals surface area contributed by atoms with E-state index in [1.54, 1.807) is 18.2 Å². The van der Waals surface area contributed by atoms with Crippen molar-refractivity contribution < 1.29 is 14.7 Å². The molecule has 0 radical (unpaired) electrons. The van der Waals surface area contributed by atoms with Gasteiger partial charge in [-0.1, -0.05) is 29.5 Å². The second kappa shape index (κ2) is 7.26. The molecule has 0 saturated carbocycles. The van der Waals surface area contributed by atoms with Crippen molar-refractivity contribution in [2.45, 2.75) is 31.5 Å². The van der Waals surface area contributed by atoms with Gasteiger partial charge in [-0.15, -0.1) is 10.2 Å². The molecule has 0 bridgehead atoms. The second-order valence-corrected chi connectivity index (χ2v) is 7.11. The van der Waals surface area contributed by atoms with Gasteiger partial charge >= 0.3 is 5.97 Å². The summed E-state index contributed by atoms with van der Waals surface area (Å²) in [6, 6.07) is 7.69. The van der Waals surface area contributed by atoms with Crippen molar-refractivity contribution in [2.75, 3.05) is 12.3 Å². The molecular weight excluding hydrogens is 340 g/mol. The van der Waals surface area contributed by atoms with E-state index in [1.165, 1.54) is 11.8 Å². The number of hydrogen-bond donors (Lipinski definition) is 1. The molecule has 132 valence electrons.